The first kappa shape index (κ1) is 21.4. The number of nitrogens with one attached hydrogen (secondary N) is 1. The van der Waals surface area contributed by atoms with Crippen LogP contribution >= 0.6 is 0 Å². The van der Waals surface area contributed by atoms with Crippen LogP contribution in [0.5, 0.6) is 0 Å². The zero-order chi connectivity index (χ0) is 22.2. The van der Waals surface area contributed by atoms with Gasteiger partial charge in [-0.2, -0.15) is 0 Å². The van der Waals surface area contributed by atoms with E-state index in [1.807, 2.05) is 37.3 Å². The highest BCUT2D eigenvalue weighted by atomic mass is 16.6. The molecule has 0 fully saturated rings. The monoisotopic (exact) mass is 415 g/mol. The second-order valence-corrected chi connectivity index (χ2v) is 6.64. The van der Waals surface area contributed by atoms with Crippen LogP contribution in [0.3, 0.4) is 0 Å². The highest BCUT2D eigenvalue weighted by Crippen LogP contribution is 2.19. The minimum absolute atomic E-state index is 0.0142. The van der Waals surface area contributed by atoms with Crippen LogP contribution in [0, 0.1) is 10.1 Å². The highest BCUT2D eigenvalue weighted by molar-refractivity contribution is 6.07. The average molecular weight is 415 g/mol. The van der Waals surface area contributed by atoms with Gasteiger partial charge in [0.15, 0.2) is 0 Å². The second kappa shape index (κ2) is 9.98. The summed E-state index contributed by atoms with van der Waals surface area (Å²) < 4.78 is 0. The number of rotatable bonds is 7. The molecule has 156 valence electrons. The zero-order valence-corrected chi connectivity index (χ0v) is 16.9. The number of benzene rings is 3. The van der Waals surface area contributed by atoms with Crippen molar-refractivity contribution in [2.45, 2.75) is 6.92 Å². The van der Waals surface area contributed by atoms with Crippen molar-refractivity contribution in [2.75, 3.05) is 16.8 Å². The lowest BCUT2D eigenvalue weighted by atomic mass is 10.1. The van der Waals surface area contributed by atoms with Crippen molar-refractivity contribution >= 4 is 35.0 Å². The van der Waals surface area contributed by atoms with E-state index in [1.165, 1.54) is 18.2 Å². The fourth-order valence-electron chi connectivity index (χ4n) is 3.00. The molecule has 7 nitrogen and oxygen atoms in total. The number of amides is 2. The van der Waals surface area contributed by atoms with E-state index < -0.39 is 4.92 Å². The molecule has 0 heterocycles. The third kappa shape index (κ3) is 5.63. The van der Waals surface area contributed by atoms with E-state index in [2.05, 4.69) is 5.32 Å². The lowest BCUT2D eigenvalue weighted by Crippen LogP contribution is -2.30. The summed E-state index contributed by atoms with van der Waals surface area (Å²) in [7, 11) is 0. The van der Waals surface area contributed by atoms with Gasteiger partial charge in [-0.15, -0.1) is 0 Å². The standard InChI is InChI=1S/C24H21N3O4/c1-2-26(21-9-4-3-5-10-21)24(29)19-7-6-8-20(17-19)25-23(28)16-13-18-11-14-22(15-12-18)27(30)31/h3-17H,2H2,1H3,(H,25,28)/b16-13+. The summed E-state index contributed by atoms with van der Waals surface area (Å²) in [5, 5.41) is 13.4. The fraction of sp³-hybridized carbons (Fsp3) is 0.0833. The lowest BCUT2D eigenvalue weighted by Gasteiger charge is -2.21. The number of carbonyl (C=O) groups is 2. The number of hydrogen-bond acceptors (Lipinski definition) is 4. The summed E-state index contributed by atoms with van der Waals surface area (Å²) in [6, 6.07) is 22.0. The molecule has 1 N–H and O–H groups in total. The van der Waals surface area contributed by atoms with Gasteiger partial charge in [-0.05, 0) is 61.0 Å². The zero-order valence-electron chi connectivity index (χ0n) is 16.9. The number of nitrogens with zero attached hydrogens (tertiary/aromatic N) is 2. The summed E-state index contributed by atoms with van der Waals surface area (Å²) >= 11 is 0. The van der Waals surface area contributed by atoms with Gasteiger partial charge in [0.05, 0.1) is 4.92 Å². The summed E-state index contributed by atoms with van der Waals surface area (Å²) in [6.07, 6.45) is 2.89. The number of nitro benzene ring substituents is 1. The van der Waals surface area contributed by atoms with Crippen LogP contribution in [-0.4, -0.2) is 23.3 Å². The van der Waals surface area contributed by atoms with Gasteiger partial charge in [-0.3, -0.25) is 19.7 Å². The topological polar surface area (TPSA) is 92.6 Å². The molecule has 3 aromatic rings. The fourth-order valence-corrected chi connectivity index (χ4v) is 3.00. The maximum atomic E-state index is 13.0. The van der Waals surface area contributed by atoms with Crippen molar-refractivity contribution in [1.82, 2.24) is 0 Å². The molecule has 0 aliphatic carbocycles. The van der Waals surface area contributed by atoms with E-state index >= 15 is 0 Å². The molecular weight excluding hydrogens is 394 g/mol. The number of anilines is 2. The van der Waals surface area contributed by atoms with Crippen LogP contribution in [0.15, 0.2) is 84.9 Å². The molecule has 0 aliphatic rings. The minimum atomic E-state index is -0.480. The van der Waals surface area contributed by atoms with Crippen molar-refractivity contribution in [2.24, 2.45) is 0 Å². The SMILES string of the molecule is CCN(C(=O)c1cccc(NC(=O)/C=C/c2ccc([N+](=O)[O-])cc2)c1)c1ccccc1. The molecule has 0 spiro atoms. The van der Waals surface area contributed by atoms with Crippen LogP contribution in [0.1, 0.15) is 22.8 Å². The Hall–Kier alpha value is -4.26. The van der Waals surface area contributed by atoms with Gasteiger partial charge in [0.2, 0.25) is 5.91 Å². The number of hydrogen-bond donors (Lipinski definition) is 1. The molecular formula is C24H21N3O4. The normalized spacial score (nSPS) is 10.6. The van der Waals surface area contributed by atoms with Crippen molar-refractivity contribution < 1.29 is 14.5 Å². The molecule has 2 amide bonds. The third-order valence-electron chi connectivity index (χ3n) is 4.54. The Kier molecular flexibility index (Phi) is 6.90. The molecule has 0 aromatic heterocycles. The Morgan fingerprint density at radius 3 is 2.35 bits per heavy atom. The van der Waals surface area contributed by atoms with E-state index in [0.29, 0.717) is 23.4 Å². The first-order valence-corrected chi connectivity index (χ1v) is 9.68. The van der Waals surface area contributed by atoms with Gasteiger partial charge in [-0.25, -0.2) is 0 Å². The molecule has 0 saturated carbocycles. The molecule has 0 radical (unpaired) electrons. The Labute approximate surface area is 179 Å². The van der Waals surface area contributed by atoms with E-state index in [9.17, 15) is 19.7 Å². The largest absolute Gasteiger partial charge is 0.322 e. The van der Waals surface area contributed by atoms with Crippen LogP contribution in [0.4, 0.5) is 17.1 Å². The van der Waals surface area contributed by atoms with E-state index in [-0.39, 0.29) is 17.5 Å². The van der Waals surface area contributed by atoms with Gasteiger partial charge >= 0.3 is 0 Å². The average Bonchev–Trinajstić information content (AvgIpc) is 2.79. The Bertz CT molecular complexity index is 1110. The maximum Gasteiger partial charge on any atom is 0.269 e. The highest BCUT2D eigenvalue weighted by Gasteiger charge is 2.16. The smallest absolute Gasteiger partial charge is 0.269 e. The van der Waals surface area contributed by atoms with Gasteiger partial charge in [0, 0.05) is 41.7 Å². The third-order valence-corrected chi connectivity index (χ3v) is 4.54. The van der Waals surface area contributed by atoms with Crippen molar-refractivity contribution in [1.29, 1.82) is 0 Å². The predicted molar refractivity (Wildman–Crippen MR) is 121 cm³/mol. The van der Waals surface area contributed by atoms with Crippen LogP contribution in [-0.2, 0) is 4.79 Å². The second-order valence-electron chi connectivity index (χ2n) is 6.64. The van der Waals surface area contributed by atoms with Crippen LogP contribution < -0.4 is 10.2 Å². The number of nitro groups is 1. The predicted octanol–water partition coefficient (Wildman–Crippen LogP) is 4.91. The molecule has 0 saturated heterocycles. The lowest BCUT2D eigenvalue weighted by molar-refractivity contribution is -0.384. The van der Waals surface area contributed by atoms with Crippen LogP contribution in [0.2, 0.25) is 0 Å². The molecule has 0 unspecified atom stereocenters. The molecule has 0 bridgehead atoms. The summed E-state index contributed by atoms with van der Waals surface area (Å²) in [4.78, 5) is 37.1. The molecule has 31 heavy (non-hydrogen) atoms. The van der Waals surface area contributed by atoms with E-state index in [0.717, 1.165) is 5.69 Å². The molecule has 0 aliphatic heterocycles. The van der Waals surface area contributed by atoms with Crippen LogP contribution in [0.25, 0.3) is 6.08 Å². The molecule has 3 rings (SSSR count). The number of non-ortho nitro benzene ring substituents is 1. The molecule has 7 heteroatoms. The first-order valence-electron chi connectivity index (χ1n) is 9.68. The van der Waals surface area contributed by atoms with E-state index in [1.54, 1.807) is 47.4 Å². The summed E-state index contributed by atoms with van der Waals surface area (Å²) in [6.45, 7) is 2.41. The number of para-hydroxylation sites is 1. The molecule has 0 atom stereocenters. The minimum Gasteiger partial charge on any atom is -0.322 e. The maximum absolute atomic E-state index is 13.0. The quantitative estimate of drug-likeness (QED) is 0.337. The Morgan fingerprint density at radius 2 is 1.71 bits per heavy atom. The number of carbonyl (C=O) groups excluding carboxylic acids is 2. The summed E-state index contributed by atoms with van der Waals surface area (Å²) in [5.41, 5.74) is 2.40. The van der Waals surface area contributed by atoms with Gasteiger partial charge < -0.3 is 10.2 Å². The van der Waals surface area contributed by atoms with Gasteiger partial charge in [0.25, 0.3) is 11.6 Å². The van der Waals surface area contributed by atoms with Gasteiger partial charge in [-0.1, -0.05) is 24.3 Å². The van der Waals surface area contributed by atoms with E-state index in [4.69, 9.17) is 0 Å². The van der Waals surface area contributed by atoms with Crippen molar-refractivity contribution in [3.05, 3.63) is 106 Å². The van der Waals surface area contributed by atoms with Crippen molar-refractivity contribution in [3.63, 3.8) is 0 Å². The Balaban J connectivity index is 1.69. The van der Waals surface area contributed by atoms with Crippen molar-refractivity contribution in [3.8, 4) is 0 Å². The Morgan fingerprint density at radius 1 is 1.00 bits per heavy atom. The molecule has 3 aromatic carbocycles. The summed E-state index contributed by atoms with van der Waals surface area (Å²) in [5.74, 6) is -0.537. The van der Waals surface area contributed by atoms with Gasteiger partial charge in [0.1, 0.15) is 0 Å². The first-order chi connectivity index (χ1) is 15.0.